The molecule has 31 heavy (non-hydrogen) atoms. The SMILES string of the molecule is C[C@H](c1ccc2c(c1NC(=O)N1C=C(S(=N)(N)=O)SC1[C@](C)(O)CO)CCC2)C1CC1. The third-order valence-electron chi connectivity index (χ3n) is 6.48. The molecule has 4 rings (SSSR count). The summed E-state index contributed by atoms with van der Waals surface area (Å²) in [6.45, 7) is 2.98. The zero-order valence-corrected chi connectivity index (χ0v) is 19.4. The standard InChI is InChI=1S/C21H30N4O4S2/c1-12(13-6-7-13)15-9-8-14-4-3-5-16(14)18(15)24-20(27)25-10-17(31(22,23)29)30-19(25)21(2,28)11-26/h8-10,12-13,19,26,28H,3-7,11H2,1-2H3,(H,24,27)(H3,22,23,29)/t12-,19?,21+/m0/s1. The van der Waals surface area contributed by atoms with Crippen molar-refractivity contribution >= 4 is 33.4 Å². The maximum atomic E-state index is 13.4. The van der Waals surface area contributed by atoms with Gasteiger partial charge < -0.3 is 15.5 Å². The van der Waals surface area contributed by atoms with Gasteiger partial charge in [0.1, 0.15) is 25.1 Å². The number of aryl methyl sites for hydroxylation is 1. The van der Waals surface area contributed by atoms with Crippen LogP contribution in [-0.2, 0) is 22.8 Å². The number of rotatable bonds is 6. The van der Waals surface area contributed by atoms with Crippen molar-refractivity contribution in [3.05, 3.63) is 39.3 Å². The summed E-state index contributed by atoms with van der Waals surface area (Å²) in [5.41, 5.74) is 2.66. The number of urea groups is 1. The van der Waals surface area contributed by atoms with E-state index in [0.29, 0.717) is 11.8 Å². The van der Waals surface area contributed by atoms with E-state index in [1.807, 2.05) is 0 Å². The predicted octanol–water partition coefficient (Wildman–Crippen LogP) is 3.06. The fourth-order valence-electron chi connectivity index (χ4n) is 4.43. The van der Waals surface area contributed by atoms with Crippen molar-refractivity contribution in [1.82, 2.24) is 4.90 Å². The number of nitrogens with zero attached hydrogens (tertiary/aromatic N) is 1. The van der Waals surface area contributed by atoms with Crippen molar-refractivity contribution in [2.75, 3.05) is 11.9 Å². The molecule has 10 heteroatoms. The molecule has 1 aromatic rings. The predicted molar refractivity (Wildman–Crippen MR) is 123 cm³/mol. The van der Waals surface area contributed by atoms with Crippen molar-refractivity contribution in [2.24, 2.45) is 11.1 Å². The van der Waals surface area contributed by atoms with Crippen LogP contribution >= 0.6 is 11.8 Å². The highest BCUT2D eigenvalue weighted by molar-refractivity contribution is 8.18. The van der Waals surface area contributed by atoms with E-state index in [0.717, 1.165) is 47.8 Å². The number of carbonyl (C=O) groups excluding carboxylic acids is 1. The first-order chi connectivity index (χ1) is 14.5. The lowest BCUT2D eigenvalue weighted by Crippen LogP contribution is -2.50. The van der Waals surface area contributed by atoms with Gasteiger partial charge in [0.15, 0.2) is 0 Å². The van der Waals surface area contributed by atoms with Crippen LogP contribution in [0, 0.1) is 10.7 Å². The highest BCUT2D eigenvalue weighted by Gasteiger charge is 2.44. The van der Waals surface area contributed by atoms with Crippen molar-refractivity contribution in [1.29, 1.82) is 4.78 Å². The molecule has 0 saturated heterocycles. The maximum absolute atomic E-state index is 13.4. The van der Waals surface area contributed by atoms with Crippen LogP contribution in [0.15, 0.2) is 22.6 Å². The summed E-state index contributed by atoms with van der Waals surface area (Å²) in [6.07, 6.45) is 6.56. The summed E-state index contributed by atoms with van der Waals surface area (Å²) in [6, 6.07) is 3.77. The second kappa shape index (κ2) is 8.08. The van der Waals surface area contributed by atoms with Gasteiger partial charge in [0, 0.05) is 11.9 Å². The Balaban J connectivity index is 1.69. The third kappa shape index (κ3) is 4.36. The molecule has 2 amide bonds. The van der Waals surface area contributed by atoms with Crippen LogP contribution in [-0.4, -0.2) is 42.9 Å². The first-order valence-electron chi connectivity index (χ1n) is 10.5. The number of benzene rings is 1. The quantitative estimate of drug-likeness (QED) is 0.438. The lowest BCUT2D eigenvalue weighted by Gasteiger charge is -2.34. The molecule has 2 unspecified atom stereocenters. The van der Waals surface area contributed by atoms with Crippen molar-refractivity contribution in [2.45, 2.75) is 62.8 Å². The Bertz CT molecular complexity index is 1030. The summed E-state index contributed by atoms with van der Waals surface area (Å²) < 4.78 is 19.8. The van der Waals surface area contributed by atoms with Crippen molar-refractivity contribution in [3.8, 4) is 0 Å². The van der Waals surface area contributed by atoms with Gasteiger partial charge in [-0.2, -0.15) is 0 Å². The molecule has 1 saturated carbocycles. The molecule has 8 nitrogen and oxygen atoms in total. The lowest BCUT2D eigenvalue weighted by molar-refractivity contribution is -0.0200. The Kier molecular flexibility index (Phi) is 5.89. The molecule has 6 N–H and O–H groups in total. The molecule has 0 radical (unpaired) electrons. The Morgan fingerprint density at radius 1 is 1.45 bits per heavy atom. The van der Waals surface area contributed by atoms with Gasteiger partial charge in [-0.1, -0.05) is 30.8 Å². The minimum absolute atomic E-state index is 0.00811. The largest absolute Gasteiger partial charge is 0.393 e. The van der Waals surface area contributed by atoms with E-state index in [1.165, 1.54) is 36.4 Å². The lowest BCUT2D eigenvalue weighted by atomic mass is 9.91. The van der Waals surface area contributed by atoms with Crippen LogP contribution in [0.5, 0.6) is 0 Å². The number of carbonyl (C=O) groups is 1. The molecule has 170 valence electrons. The number of thioether (sulfide) groups is 1. The van der Waals surface area contributed by atoms with Crippen molar-refractivity contribution in [3.63, 3.8) is 0 Å². The first-order valence-corrected chi connectivity index (χ1v) is 13.0. The highest BCUT2D eigenvalue weighted by atomic mass is 32.3. The summed E-state index contributed by atoms with van der Waals surface area (Å²) in [5.74, 6) is 0.949. The number of fused-ring (bicyclic) bond motifs is 1. The highest BCUT2D eigenvalue weighted by Crippen LogP contribution is 2.47. The van der Waals surface area contributed by atoms with Crippen molar-refractivity contribution < 1.29 is 19.2 Å². The van der Waals surface area contributed by atoms with Gasteiger partial charge in [0.25, 0.3) is 0 Å². The summed E-state index contributed by atoms with van der Waals surface area (Å²) in [5, 5.41) is 27.9. The van der Waals surface area contributed by atoms with Crippen LogP contribution in [0.2, 0.25) is 0 Å². The third-order valence-corrected chi connectivity index (χ3v) is 9.51. The molecule has 1 aromatic carbocycles. The molecule has 1 aliphatic heterocycles. The fraction of sp³-hybridized carbons (Fsp3) is 0.571. The minimum atomic E-state index is -3.57. The monoisotopic (exact) mass is 466 g/mol. The van der Waals surface area contributed by atoms with Crippen LogP contribution in [0.1, 0.15) is 55.7 Å². The Labute approximate surface area is 187 Å². The molecular formula is C21H30N4O4S2. The second-order valence-corrected chi connectivity index (χ2v) is 12.0. The molecule has 0 aromatic heterocycles. The van der Waals surface area contributed by atoms with Crippen LogP contribution < -0.4 is 10.5 Å². The Morgan fingerprint density at radius 3 is 2.77 bits per heavy atom. The van der Waals surface area contributed by atoms with E-state index in [9.17, 15) is 19.2 Å². The number of anilines is 1. The topological polar surface area (TPSA) is 140 Å². The molecule has 2 aliphatic carbocycles. The van der Waals surface area contributed by atoms with Gasteiger partial charge >= 0.3 is 6.03 Å². The average molecular weight is 467 g/mol. The first kappa shape index (κ1) is 22.6. The van der Waals surface area contributed by atoms with Crippen LogP contribution in [0.25, 0.3) is 0 Å². The number of amides is 2. The average Bonchev–Trinajstić information content (AvgIpc) is 3.25. The van der Waals surface area contributed by atoms with E-state index in [-0.39, 0.29) is 4.24 Å². The van der Waals surface area contributed by atoms with E-state index < -0.39 is 33.5 Å². The van der Waals surface area contributed by atoms with Gasteiger partial charge in [-0.3, -0.25) is 4.90 Å². The van der Waals surface area contributed by atoms with Gasteiger partial charge in [0.05, 0.1) is 6.61 Å². The van der Waals surface area contributed by atoms with E-state index in [4.69, 9.17) is 9.92 Å². The van der Waals surface area contributed by atoms with Gasteiger partial charge in [-0.05, 0) is 67.6 Å². The number of nitrogens with two attached hydrogens (primary N) is 1. The number of nitrogens with one attached hydrogen (secondary N) is 2. The van der Waals surface area contributed by atoms with E-state index >= 15 is 0 Å². The number of aliphatic hydroxyl groups excluding tert-OH is 1. The molecule has 4 atom stereocenters. The van der Waals surface area contributed by atoms with Crippen LogP contribution in [0.4, 0.5) is 10.5 Å². The van der Waals surface area contributed by atoms with Crippen LogP contribution in [0.3, 0.4) is 0 Å². The molecule has 0 bridgehead atoms. The Morgan fingerprint density at radius 2 is 2.16 bits per heavy atom. The molecule has 1 heterocycles. The summed E-state index contributed by atoms with van der Waals surface area (Å²) >= 11 is 0.875. The van der Waals surface area contributed by atoms with E-state index in [1.54, 1.807) is 0 Å². The van der Waals surface area contributed by atoms with Gasteiger partial charge in [0.2, 0.25) is 0 Å². The number of hydrogen-bond acceptors (Lipinski definition) is 6. The number of hydrogen-bond donors (Lipinski definition) is 5. The minimum Gasteiger partial charge on any atom is -0.393 e. The van der Waals surface area contributed by atoms with E-state index in [2.05, 4.69) is 24.4 Å². The molecule has 0 spiro atoms. The summed E-state index contributed by atoms with van der Waals surface area (Å²) in [7, 11) is -3.57. The molecule has 1 fully saturated rings. The zero-order valence-electron chi connectivity index (χ0n) is 17.8. The molecular weight excluding hydrogens is 436 g/mol. The van der Waals surface area contributed by atoms with Gasteiger partial charge in [-0.15, -0.1) is 0 Å². The zero-order chi connectivity index (χ0) is 22.6. The summed E-state index contributed by atoms with van der Waals surface area (Å²) in [4.78, 5) is 14.6. The Hall–Kier alpha value is -1.59. The van der Waals surface area contributed by atoms with Gasteiger partial charge in [-0.25, -0.2) is 18.9 Å². The molecule has 3 aliphatic rings. The number of aliphatic hydroxyl groups is 2. The second-order valence-electron chi connectivity index (χ2n) is 9.02. The maximum Gasteiger partial charge on any atom is 0.327 e. The normalized spacial score (nSPS) is 25.4. The fourth-order valence-corrected chi connectivity index (χ4v) is 6.54. The smallest absolute Gasteiger partial charge is 0.327 e.